The van der Waals surface area contributed by atoms with Crippen LogP contribution in [0.1, 0.15) is 42.2 Å². The predicted octanol–water partition coefficient (Wildman–Crippen LogP) is 4.56. The van der Waals surface area contributed by atoms with E-state index in [0.717, 1.165) is 24.0 Å². The fourth-order valence-corrected chi connectivity index (χ4v) is 3.48. The Balaban J connectivity index is 2.41. The lowest BCUT2D eigenvalue weighted by atomic mass is 9.94. The molecule has 0 aliphatic carbocycles. The van der Waals surface area contributed by atoms with Crippen molar-refractivity contribution < 1.29 is 5.11 Å². The van der Waals surface area contributed by atoms with Gasteiger partial charge in [-0.15, -0.1) is 11.3 Å². The van der Waals surface area contributed by atoms with Gasteiger partial charge < -0.3 is 5.11 Å². The SMILES string of the molecule is CCc1ccc(CC)c(C(O)c2csc(I)c2)c1. The third kappa shape index (κ3) is 2.95. The van der Waals surface area contributed by atoms with E-state index in [4.69, 9.17) is 0 Å². The van der Waals surface area contributed by atoms with E-state index in [1.165, 1.54) is 14.0 Å². The van der Waals surface area contributed by atoms with Gasteiger partial charge in [-0.25, -0.2) is 0 Å². The zero-order valence-corrected chi connectivity index (χ0v) is 13.6. The number of rotatable bonds is 4. The summed E-state index contributed by atoms with van der Waals surface area (Å²) in [6.45, 7) is 4.28. The molecule has 2 aromatic rings. The Hall–Kier alpha value is -0.390. The Kier molecular flexibility index (Phi) is 4.81. The van der Waals surface area contributed by atoms with Crippen molar-refractivity contribution in [2.45, 2.75) is 32.8 Å². The van der Waals surface area contributed by atoms with Crippen LogP contribution in [0, 0.1) is 2.88 Å². The molecule has 0 radical (unpaired) electrons. The van der Waals surface area contributed by atoms with E-state index in [2.05, 4.69) is 60.7 Å². The zero-order valence-electron chi connectivity index (χ0n) is 10.6. The summed E-state index contributed by atoms with van der Waals surface area (Å²) in [4.78, 5) is 0. The van der Waals surface area contributed by atoms with Crippen LogP contribution >= 0.6 is 33.9 Å². The summed E-state index contributed by atoms with van der Waals surface area (Å²) in [5, 5.41) is 12.6. The zero-order chi connectivity index (χ0) is 13.1. The molecule has 0 aliphatic heterocycles. The summed E-state index contributed by atoms with van der Waals surface area (Å²) in [5.74, 6) is 0. The molecule has 0 bridgehead atoms. The average Bonchev–Trinajstić information content (AvgIpc) is 2.83. The summed E-state index contributed by atoms with van der Waals surface area (Å²) in [6, 6.07) is 8.52. The molecule has 0 saturated heterocycles. The summed E-state index contributed by atoms with van der Waals surface area (Å²) in [7, 11) is 0. The maximum Gasteiger partial charge on any atom is 0.105 e. The molecule has 3 heteroatoms. The van der Waals surface area contributed by atoms with E-state index in [1.54, 1.807) is 11.3 Å². The number of aryl methyl sites for hydroxylation is 2. The number of benzene rings is 1. The van der Waals surface area contributed by atoms with Crippen LogP contribution in [-0.4, -0.2) is 5.11 Å². The first kappa shape index (κ1) is 14.0. The van der Waals surface area contributed by atoms with Crippen LogP contribution in [0.4, 0.5) is 0 Å². The number of aliphatic hydroxyl groups excluding tert-OH is 1. The van der Waals surface area contributed by atoms with Crippen molar-refractivity contribution in [2.75, 3.05) is 0 Å². The highest BCUT2D eigenvalue weighted by molar-refractivity contribution is 14.1. The van der Waals surface area contributed by atoms with Gasteiger partial charge in [0.05, 0.1) is 2.88 Å². The second kappa shape index (κ2) is 6.17. The van der Waals surface area contributed by atoms with Gasteiger partial charge in [0.1, 0.15) is 6.10 Å². The molecule has 18 heavy (non-hydrogen) atoms. The molecule has 0 saturated carbocycles. The van der Waals surface area contributed by atoms with Gasteiger partial charge in [0.2, 0.25) is 0 Å². The Bertz CT molecular complexity index is 533. The van der Waals surface area contributed by atoms with Crippen LogP contribution in [0.3, 0.4) is 0 Å². The molecule has 2 rings (SSSR count). The standard InChI is InChI=1S/C15H17IOS/c1-3-10-5-6-11(4-2)13(7-10)15(17)12-8-14(16)18-9-12/h5-9,15,17H,3-4H2,1-2H3. The monoisotopic (exact) mass is 372 g/mol. The van der Waals surface area contributed by atoms with E-state index in [9.17, 15) is 5.11 Å². The van der Waals surface area contributed by atoms with Gasteiger partial charge in [0, 0.05) is 0 Å². The lowest BCUT2D eigenvalue weighted by Crippen LogP contribution is -2.03. The normalized spacial score (nSPS) is 12.7. The third-order valence-corrected chi connectivity index (χ3v) is 5.00. The van der Waals surface area contributed by atoms with Gasteiger partial charge in [-0.1, -0.05) is 32.0 Å². The minimum Gasteiger partial charge on any atom is -0.384 e. The summed E-state index contributed by atoms with van der Waals surface area (Å²) in [6.07, 6.45) is 1.47. The Morgan fingerprint density at radius 2 is 2.00 bits per heavy atom. The second-order valence-electron chi connectivity index (χ2n) is 4.33. The minimum absolute atomic E-state index is 0.494. The summed E-state index contributed by atoms with van der Waals surface area (Å²) >= 11 is 3.97. The molecular formula is C15H17IOS. The van der Waals surface area contributed by atoms with E-state index in [1.807, 2.05) is 5.38 Å². The fraction of sp³-hybridized carbons (Fsp3) is 0.333. The maximum atomic E-state index is 10.5. The lowest BCUT2D eigenvalue weighted by Gasteiger charge is -2.15. The molecular weight excluding hydrogens is 355 g/mol. The summed E-state index contributed by atoms with van der Waals surface area (Å²) in [5.41, 5.74) is 4.59. The van der Waals surface area contributed by atoms with Gasteiger partial charge in [0.15, 0.2) is 0 Å². The first-order valence-electron chi connectivity index (χ1n) is 6.19. The van der Waals surface area contributed by atoms with Gasteiger partial charge in [-0.2, -0.15) is 0 Å². The Labute approximate surface area is 126 Å². The molecule has 0 spiro atoms. The molecule has 1 aromatic heterocycles. The van der Waals surface area contributed by atoms with Crippen molar-refractivity contribution in [3.8, 4) is 0 Å². The van der Waals surface area contributed by atoms with Gasteiger partial charge in [-0.05, 0) is 69.1 Å². The van der Waals surface area contributed by atoms with Crippen molar-refractivity contribution in [3.05, 3.63) is 54.8 Å². The van der Waals surface area contributed by atoms with E-state index in [0.29, 0.717) is 0 Å². The Morgan fingerprint density at radius 1 is 1.22 bits per heavy atom. The van der Waals surface area contributed by atoms with Crippen molar-refractivity contribution in [1.29, 1.82) is 0 Å². The van der Waals surface area contributed by atoms with Crippen LogP contribution in [0.5, 0.6) is 0 Å². The number of hydrogen-bond acceptors (Lipinski definition) is 2. The van der Waals surface area contributed by atoms with Crippen molar-refractivity contribution in [1.82, 2.24) is 0 Å². The predicted molar refractivity (Wildman–Crippen MR) is 86.3 cm³/mol. The first-order chi connectivity index (χ1) is 8.65. The van der Waals surface area contributed by atoms with Crippen molar-refractivity contribution >= 4 is 33.9 Å². The minimum atomic E-state index is -0.494. The molecule has 1 unspecified atom stereocenters. The van der Waals surface area contributed by atoms with Crippen LogP contribution in [-0.2, 0) is 12.8 Å². The Morgan fingerprint density at radius 3 is 2.56 bits per heavy atom. The number of hydrogen-bond donors (Lipinski definition) is 1. The molecule has 1 N–H and O–H groups in total. The number of aliphatic hydroxyl groups is 1. The molecule has 1 aromatic carbocycles. The van der Waals surface area contributed by atoms with Crippen molar-refractivity contribution in [2.24, 2.45) is 0 Å². The quantitative estimate of drug-likeness (QED) is 0.781. The topological polar surface area (TPSA) is 20.2 Å². The molecule has 0 fully saturated rings. The van der Waals surface area contributed by atoms with Gasteiger partial charge in [-0.3, -0.25) is 0 Å². The molecule has 1 nitrogen and oxygen atoms in total. The lowest BCUT2D eigenvalue weighted by molar-refractivity contribution is 0.219. The molecule has 1 atom stereocenters. The number of halogens is 1. The smallest absolute Gasteiger partial charge is 0.105 e. The molecule has 0 amide bonds. The van der Waals surface area contributed by atoms with Gasteiger partial charge >= 0.3 is 0 Å². The van der Waals surface area contributed by atoms with Crippen molar-refractivity contribution in [3.63, 3.8) is 0 Å². The molecule has 96 valence electrons. The second-order valence-corrected chi connectivity index (χ2v) is 7.13. The summed E-state index contributed by atoms with van der Waals surface area (Å²) < 4.78 is 1.21. The maximum absolute atomic E-state index is 10.5. The molecule has 0 aliphatic rings. The van der Waals surface area contributed by atoms with E-state index < -0.39 is 6.10 Å². The largest absolute Gasteiger partial charge is 0.384 e. The third-order valence-electron chi connectivity index (χ3n) is 3.20. The fourth-order valence-electron chi connectivity index (χ4n) is 2.09. The van der Waals surface area contributed by atoms with Crippen LogP contribution < -0.4 is 0 Å². The highest BCUT2D eigenvalue weighted by Gasteiger charge is 2.15. The molecule has 1 heterocycles. The van der Waals surface area contributed by atoms with Gasteiger partial charge in [0.25, 0.3) is 0 Å². The highest BCUT2D eigenvalue weighted by Crippen LogP contribution is 2.30. The van der Waals surface area contributed by atoms with Crippen LogP contribution in [0.25, 0.3) is 0 Å². The first-order valence-corrected chi connectivity index (χ1v) is 8.15. The average molecular weight is 372 g/mol. The van der Waals surface area contributed by atoms with E-state index in [-0.39, 0.29) is 0 Å². The highest BCUT2D eigenvalue weighted by atomic mass is 127. The van der Waals surface area contributed by atoms with E-state index >= 15 is 0 Å². The van der Waals surface area contributed by atoms with Crippen LogP contribution in [0.2, 0.25) is 0 Å². The van der Waals surface area contributed by atoms with Crippen LogP contribution in [0.15, 0.2) is 29.6 Å². The number of thiophene rings is 1.